The Morgan fingerprint density at radius 1 is 1.05 bits per heavy atom. The van der Waals surface area contributed by atoms with Crippen LogP contribution in [-0.2, 0) is 0 Å². The Morgan fingerprint density at radius 2 is 1.82 bits per heavy atom. The summed E-state index contributed by atoms with van der Waals surface area (Å²) in [5.74, 6) is 4.74. The van der Waals surface area contributed by atoms with Gasteiger partial charge in [-0.05, 0) is 55.7 Å². The third-order valence-corrected chi connectivity index (χ3v) is 6.14. The first-order valence-electron chi connectivity index (χ1n) is 11.7. The summed E-state index contributed by atoms with van der Waals surface area (Å²) in [6.07, 6.45) is 2.96. The number of pyridine rings is 1. The molecule has 5 rings (SSSR count). The lowest BCUT2D eigenvalue weighted by Crippen LogP contribution is -2.28. The second-order valence-corrected chi connectivity index (χ2v) is 9.10. The molecule has 3 aromatic heterocycles. The van der Waals surface area contributed by atoms with E-state index < -0.39 is 23.2 Å². The van der Waals surface area contributed by atoms with Crippen LogP contribution in [0.5, 0.6) is 0 Å². The van der Waals surface area contributed by atoms with Crippen LogP contribution in [0.25, 0.3) is 16.6 Å². The molecule has 1 unspecified atom stereocenters. The van der Waals surface area contributed by atoms with E-state index >= 15 is 0 Å². The van der Waals surface area contributed by atoms with Gasteiger partial charge in [-0.25, -0.2) is 28.7 Å². The summed E-state index contributed by atoms with van der Waals surface area (Å²) in [6, 6.07) is 10.6. The van der Waals surface area contributed by atoms with Crippen LogP contribution in [-0.4, -0.2) is 24.5 Å². The van der Waals surface area contributed by atoms with Gasteiger partial charge < -0.3 is 11.1 Å². The van der Waals surface area contributed by atoms with Crippen molar-refractivity contribution in [1.82, 2.24) is 24.5 Å². The maximum Gasteiger partial charge on any atom is 0.267 e. The Morgan fingerprint density at radius 3 is 2.54 bits per heavy atom. The number of halogens is 3. The van der Waals surface area contributed by atoms with E-state index in [1.54, 1.807) is 37.4 Å². The topological polar surface area (TPSA) is 112 Å². The second-order valence-electron chi connectivity index (χ2n) is 8.69. The molecule has 5 aromatic rings. The zero-order valence-corrected chi connectivity index (χ0v) is 21.5. The number of nitrogens with one attached hydrogen (secondary N) is 1. The molecule has 0 fully saturated rings. The van der Waals surface area contributed by atoms with Gasteiger partial charge in [-0.1, -0.05) is 29.7 Å². The normalized spacial score (nSPS) is 11.6. The largest absolute Gasteiger partial charge is 0.382 e. The van der Waals surface area contributed by atoms with E-state index in [0.717, 1.165) is 28.3 Å². The molecule has 194 valence electrons. The SMILES string of the molecule is Cc1ccc(C#Cc2c(N)ncnc2NC(C)c2nc3cccc(Cl)c3c(=O)n2-c2cc(F)cc(F)c2)nc1. The van der Waals surface area contributed by atoms with Crippen molar-refractivity contribution < 1.29 is 8.78 Å². The number of nitrogens with zero attached hydrogens (tertiary/aromatic N) is 5. The number of anilines is 2. The molecule has 3 heterocycles. The third kappa shape index (κ3) is 5.26. The van der Waals surface area contributed by atoms with E-state index in [9.17, 15) is 13.6 Å². The maximum atomic E-state index is 14.2. The first-order valence-corrected chi connectivity index (χ1v) is 12.1. The van der Waals surface area contributed by atoms with Crippen molar-refractivity contribution in [3.05, 3.63) is 111 Å². The van der Waals surface area contributed by atoms with Gasteiger partial charge in [0, 0.05) is 12.3 Å². The number of aryl methyl sites for hydroxylation is 1. The van der Waals surface area contributed by atoms with Crippen molar-refractivity contribution in [2.75, 3.05) is 11.1 Å². The van der Waals surface area contributed by atoms with Crippen molar-refractivity contribution in [2.45, 2.75) is 19.9 Å². The van der Waals surface area contributed by atoms with Crippen LogP contribution < -0.4 is 16.6 Å². The molecule has 0 aliphatic rings. The summed E-state index contributed by atoms with van der Waals surface area (Å²) in [7, 11) is 0. The summed E-state index contributed by atoms with van der Waals surface area (Å²) in [5.41, 5.74) is 7.61. The van der Waals surface area contributed by atoms with Gasteiger partial charge in [0.05, 0.1) is 27.7 Å². The molecular weight excluding hydrogens is 524 g/mol. The summed E-state index contributed by atoms with van der Waals surface area (Å²) < 4.78 is 29.5. The number of nitrogen functional groups attached to an aromatic ring is 1. The number of fused-ring (bicyclic) bond motifs is 1. The summed E-state index contributed by atoms with van der Waals surface area (Å²) in [4.78, 5) is 30.9. The fourth-order valence-corrected chi connectivity index (χ4v) is 4.24. The lowest BCUT2D eigenvalue weighted by atomic mass is 10.2. The fourth-order valence-electron chi connectivity index (χ4n) is 3.99. The monoisotopic (exact) mass is 543 g/mol. The van der Waals surface area contributed by atoms with Gasteiger partial charge in [0.1, 0.15) is 46.7 Å². The second kappa shape index (κ2) is 10.5. The van der Waals surface area contributed by atoms with Crippen molar-refractivity contribution >= 4 is 34.1 Å². The zero-order chi connectivity index (χ0) is 27.7. The van der Waals surface area contributed by atoms with Gasteiger partial charge in [0.25, 0.3) is 5.56 Å². The van der Waals surface area contributed by atoms with Crippen molar-refractivity contribution in [3.8, 4) is 17.5 Å². The Hall–Kier alpha value is -4.88. The number of hydrogen-bond acceptors (Lipinski definition) is 7. The Labute approximate surface area is 226 Å². The highest BCUT2D eigenvalue weighted by molar-refractivity contribution is 6.35. The van der Waals surface area contributed by atoms with E-state index in [-0.39, 0.29) is 33.6 Å². The number of hydrogen-bond donors (Lipinski definition) is 2. The predicted molar refractivity (Wildman–Crippen MR) is 146 cm³/mol. The molecule has 0 amide bonds. The number of rotatable bonds is 4. The molecular formula is C28H20ClF2N7O. The summed E-state index contributed by atoms with van der Waals surface area (Å²) >= 11 is 6.31. The molecule has 0 aliphatic carbocycles. The smallest absolute Gasteiger partial charge is 0.267 e. The molecule has 0 radical (unpaired) electrons. The third-order valence-electron chi connectivity index (χ3n) is 5.82. The van der Waals surface area contributed by atoms with Crippen LogP contribution in [0, 0.1) is 30.4 Å². The van der Waals surface area contributed by atoms with E-state index in [4.69, 9.17) is 17.3 Å². The van der Waals surface area contributed by atoms with Gasteiger partial charge in [-0.3, -0.25) is 9.36 Å². The van der Waals surface area contributed by atoms with Gasteiger partial charge in [0.2, 0.25) is 0 Å². The quantitative estimate of drug-likeness (QED) is 0.308. The molecule has 2 aromatic carbocycles. The highest BCUT2D eigenvalue weighted by Crippen LogP contribution is 2.26. The minimum absolute atomic E-state index is 0.0527. The molecule has 3 N–H and O–H groups in total. The lowest BCUT2D eigenvalue weighted by Gasteiger charge is -2.21. The Balaban J connectivity index is 1.64. The molecule has 0 bridgehead atoms. The number of nitrogens with two attached hydrogens (primary N) is 1. The molecule has 0 spiro atoms. The van der Waals surface area contributed by atoms with Crippen molar-refractivity contribution in [1.29, 1.82) is 0 Å². The lowest BCUT2D eigenvalue weighted by molar-refractivity contribution is 0.579. The summed E-state index contributed by atoms with van der Waals surface area (Å²) in [6.45, 7) is 3.63. The zero-order valence-electron chi connectivity index (χ0n) is 20.7. The van der Waals surface area contributed by atoms with Gasteiger partial charge in [0.15, 0.2) is 0 Å². The first kappa shape index (κ1) is 25.8. The predicted octanol–water partition coefficient (Wildman–Crippen LogP) is 4.97. The van der Waals surface area contributed by atoms with E-state index in [0.29, 0.717) is 16.8 Å². The van der Waals surface area contributed by atoms with Gasteiger partial charge in [-0.15, -0.1) is 0 Å². The van der Waals surface area contributed by atoms with Crippen molar-refractivity contribution in [2.24, 2.45) is 0 Å². The van der Waals surface area contributed by atoms with Crippen LogP contribution >= 0.6 is 11.6 Å². The average molecular weight is 544 g/mol. The molecule has 0 aliphatic heterocycles. The molecule has 0 saturated carbocycles. The number of aromatic nitrogens is 5. The van der Waals surface area contributed by atoms with Crippen LogP contribution in [0.1, 0.15) is 35.6 Å². The van der Waals surface area contributed by atoms with Gasteiger partial charge >= 0.3 is 0 Å². The molecule has 8 nitrogen and oxygen atoms in total. The maximum absolute atomic E-state index is 14.2. The minimum Gasteiger partial charge on any atom is -0.382 e. The Bertz CT molecular complexity index is 1830. The first-order chi connectivity index (χ1) is 18.7. The molecule has 39 heavy (non-hydrogen) atoms. The van der Waals surface area contributed by atoms with Crippen LogP contribution in [0.4, 0.5) is 20.4 Å². The van der Waals surface area contributed by atoms with Crippen molar-refractivity contribution in [3.63, 3.8) is 0 Å². The van der Waals surface area contributed by atoms with Gasteiger partial charge in [-0.2, -0.15) is 0 Å². The molecule has 1 atom stereocenters. The minimum atomic E-state index is -0.853. The molecule has 11 heteroatoms. The van der Waals surface area contributed by atoms with E-state index in [1.165, 1.54) is 6.33 Å². The van der Waals surface area contributed by atoms with Crippen LogP contribution in [0.2, 0.25) is 5.02 Å². The standard InChI is InChI=1S/C28H20ClF2N7O/c1-15-6-7-19(33-13-15)8-9-21-25(32)34-14-35-26(21)36-16(2)27-37-23-5-3-4-22(29)24(23)28(39)38(27)20-11-17(30)10-18(31)12-20/h3-7,10-14,16H,1-2H3,(H3,32,34,35,36). The summed E-state index contributed by atoms with van der Waals surface area (Å²) in [5, 5.41) is 3.44. The van der Waals surface area contributed by atoms with Crippen LogP contribution in [0.3, 0.4) is 0 Å². The highest BCUT2D eigenvalue weighted by atomic mass is 35.5. The molecule has 0 saturated heterocycles. The fraction of sp³-hybridized carbons (Fsp3) is 0.107. The highest BCUT2D eigenvalue weighted by Gasteiger charge is 2.22. The van der Waals surface area contributed by atoms with E-state index in [1.807, 2.05) is 13.0 Å². The Kier molecular flexibility index (Phi) is 6.92. The average Bonchev–Trinajstić information content (AvgIpc) is 2.88. The van der Waals surface area contributed by atoms with Crippen LogP contribution in [0.15, 0.2) is 65.8 Å². The number of benzene rings is 2. The van der Waals surface area contributed by atoms with E-state index in [2.05, 4.69) is 37.1 Å².